The molecule has 6 heteroatoms. The largest absolute Gasteiger partial charge is 0.491 e. The summed E-state index contributed by atoms with van der Waals surface area (Å²) in [7, 11) is 0. The zero-order valence-electron chi connectivity index (χ0n) is 14.2. The molecule has 0 radical (unpaired) electrons. The smallest absolute Gasteiger partial charge is 0.233 e. The van der Waals surface area contributed by atoms with Gasteiger partial charge in [0.1, 0.15) is 12.2 Å². The summed E-state index contributed by atoms with van der Waals surface area (Å²) in [6.45, 7) is 4.17. The van der Waals surface area contributed by atoms with Crippen LogP contribution in [-0.4, -0.2) is 17.9 Å². The topological polar surface area (TPSA) is 67.4 Å². The number of nitrogens with one attached hydrogen (secondary N) is 2. The lowest BCUT2D eigenvalue weighted by Gasteiger charge is -2.11. The first-order chi connectivity index (χ1) is 11.9. The molecule has 132 valence electrons. The van der Waals surface area contributed by atoms with Crippen LogP contribution < -0.4 is 15.4 Å². The van der Waals surface area contributed by atoms with E-state index in [4.69, 9.17) is 16.3 Å². The molecule has 2 aromatic rings. The van der Waals surface area contributed by atoms with Crippen molar-refractivity contribution in [1.29, 1.82) is 0 Å². The maximum Gasteiger partial charge on any atom is 0.233 e. The van der Waals surface area contributed by atoms with Gasteiger partial charge in [0.2, 0.25) is 11.8 Å². The van der Waals surface area contributed by atoms with Gasteiger partial charge in [-0.3, -0.25) is 9.59 Å². The molecule has 0 fully saturated rings. The summed E-state index contributed by atoms with van der Waals surface area (Å²) in [6.07, 6.45) is -0.170. The van der Waals surface area contributed by atoms with E-state index in [1.165, 1.54) is 0 Å². The molecule has 0 atom stereocenters. The maximum atomic E-state index is 11.9. The lowest BCUT2D eigenvalue weighted by molar-refractivity contribution is -0.126. The zero-order chi connectivity index (χ0) is 18.2. The second-order valence-electron chi connectivity index (χ2n) is 5.78. The van der Waals surface area contributed by atoms with E-state index in [-0.39, 0.29) is 30.9 Å². The van der Waals surface area contributed by atoms with Crippen LogP contribution in [0.3, 0.4) is 0 Å². The van der Waals surface area contributed by atoms with Crippen LogP contribution in [0.25, 0.3) is 0 Å². The molecule has 0 saturated carbocycles. The van der Waals surface area contributed by atoms with Gasteiger partial charge in [-0.1, -0.05) is 29.8 Å². The fourth-order valence-electron chi connectivity index (χ4n) is 2.14. The van der Waals surface area contributed by atoms with Crippen molar-refractivity contribution < 1.29 is 14.3 Å². The number of amides is 2. The predicted octanol–water partition coefficient (Wildman–Crippen LogP) is 3.77. The molecular formula is C19H21ClN2O3. The minimum absolute atomic E-state index is 0.0854. The van der Waals surface area contributed by atoms with Gasteiger partial charge < -0.3 is 15.4 Å². The standard InChI is InChI=1S/C19H21ClN2O3/c1-13(2)25-16-9-7-15(8-10-16)22-19(24)11-18(23)21-12-14-5-3-4-6-17(14)20/h3-10,13H,11-12H2,1-2H3,(H,21,23)(H,22,24). The molecule has 0 saturated heterocycles. The third-order valence-electron chi connectivity index (χ3n) is 3.26. The molecule has 0 aliphatic heterocycles. The van der Waals surface area contributed by atoms with Crippen LogP contribution in [0.1, 0.15) is 25.8 Å². The van der Waals surface area contributed by atoms with Crippen molar-refractivity contribution in [1.82, 2.24) is 5.32 Å². The van der Waals surface area contributed by atoms with Crippen molar-refractivity contribution in [3.05, 3.63) is 59.1 Å². The molecule has 0 aliphatic rings. The Morgan fingerprint density at radius 1 is 1.04 bits per heavy atom. The van der Waals surface area contributed by atoms with Gasteiger partial charge in [-0.15, -0.1) is 0 Å². The Bertz CT molecular complexity index is 730. The van der Waals surface area contributed by atoms with Gasteiger partial charge >= 0.3 is 0 Å². The molecule has 0 unspecified atom stereocenters. The highest BCUT2D eigenvalue weighted by molar-refractivity contribution is 6.31. The summed E-state index contributed by atoms with van der Waals surface area (Å²) in [5.74, 6) is -0.0168. The Balaban J connectivity index is 1.79. The first kappa shape index (κ1) is 18.8. The number of hydrogen-bond acceptors (Lipinski definition) is 3. The molecule has 0 bridgehead atoms. The molecule has 2 amide bonds. The second-order valence-corrected chi connectivity index (χ2v) is 6.19. The van der Waals surface area contributed by atoms with Gasteiger partial charge in [-0.05, 0) is 49.7 Å². The molecule has 2 N–H and O–H groups in total. The van der Waals surface area contributed by atoms with E-state index in [0.29, 0.717) is 10.7 Å². The van der Waals surface area contributed by atoms with Crippen LogP contribution in [-0.2, 0) is 16.1 Å². The van der Waals surface area contributed by atoms with E-state index in [9.17, 15) is 9.59 Å². The van der Waals surface area contributed by atoms with Gasteiger partial charge in [-0.25, -0.2) is 0 Å². The highest BCUT2D eigenvalue weighted by Gasteiger charge is 2.10. The van der Waals surface area contributed by atoms with E-state index >= 15 is 0 Å². The molecule has 2 aromatic carbocycles. The third kappa shape index (κ3) is 6.47. The third-order valence-corrected chi connectivity index (χ3v) is 3.63. The van der Waals surface area contributed by atoms with Crippen LogP contribution in [0.2, 0.25) is 5.02 Å². The zero-order valence-corrected chi connectivity index (χ0v) is 15.0. The van der Waals surface area contributed by atoms with E-state index in [1.54, 1.807) is 30.3 Å². The van der Waals surface area contributed by atoms with Gasteiger partial charge in [0, 0.05) is 17.3 Å². The molecule has 0 spiro atoms. The predicted molar refractivity (Wildman–Crippen MR) is 98.8 cm³/mol. The van der Waals surface area contributed by atoms with Crippen molar-refractivity contribution in [2.24, 2.45) is 0 Å². The van der Waals surface area contributed by atoms with Crippen molar-refractivity contribution in [3.63, 3.8) is 0 Å². The molecular weight excluding hydrogens is 340 g/mol. The van der Waals surface area contributed by atoms with Crippen molar-refractivity contribution >= 4 is 29.1 Å². The van der Waals surface area contributed by atoms with Crippen LogP contribution in [0.15, 0.2) is 48.5 Å². The van der Waals surface area contributed by atoms with E-state index < -0.39 is 0 Å². The van der Waals surface area contributed by atoms with E-state index in [1.807, 2.05) is 32.0 Å². The Kier molecular flexibility index (Phi) is 6.83. The van der Waals surface area contributed by atoms with E-state index in [2.05, 4.69) is 10.6 Å². The number of benzene rings is 2. The number of ether oxygens (including phenoxy) is 1. The number of halogens is 1. The Hall–Kier alpha value is -2.53. The number of hydrogen-bond donors (Lipinski definition) is 2. The summed E-state index contributed by atoms with van der Waals surface area (Å²) in [6, 6.07) is 14.2. The van der Waals surface area contributed by atoms with E-state index in [0.717, 1.165) is 11.3 Å². The van der Waals surface area contributed by atoms with Gasteiger partial charge in [0.05, 0.1) is 6.10 Å². The molecule has 0 heterocycles. The van der Waals surface area contributed by atoms with Gasteiger partial charge in [0.25, 0.3) is 0 Å². The van der Waals surface area contributed by atoms with Crippen LogP contribution in [0, 0.1) is 0 Å². The minimum atomic E-state index is -0.380. The lowest BCUT2D eigenvalue weighted by Crippen LogP contribution is -2.27. The van der Waals surface area contributed by atoms with Crippen molar-refractivity contribution in [2.75, 3.05) is 5.32 Å². The SMILES string of the molecule is CC(C)Oc1ccc(NC(=O)CC(=O)NCc2ccccc2Cl)cc1. The fraction of sp³-hybridized carbons (Fsp3) is 0.263. The fourth-order valence-corrected chi connectivity index (χ4v) is 2.34. The average molecular weight is 361 g/mol. The average Bonchev–Trinajstić information content (AvgIpc) is 2.55. The summed E-state index contributed by atoms with van der Waals surface area (Å²) in [5, 5.41) is 5.94. The van der Waals surface area contributed by atoms with Gasteiger partial charge in [-0.2, -0.15) is 0 Å². The first-order valence-electron chi connectivity index (χ1n) is 8.00. The summed E-state index contributed by atoms with van der Waals surface area (Å²) in [4.78, 5) is 23.8. The van der Waals surface area contributed by atoms with Crippen molar-refractivity contribution in [3.8, 4) is 5.75 Å². The highest BCUT2D eigenvalue weighted by Crippen LogP contribution is 2.17. The lowest BCUT2D eigenvalue weighted by atomic mass is 10.2. The molecule has 0 aliphatic carbocycles. The van der Waals surface area contributed by atoms with Crippen LogP contribution in [0.4, 0.5) is 5.69 Å². The summed E-state index contributed by atoms with van der Waals surface area (Å²) < 4.78 is 5.53. The van der Waals surface area contributed by atoms with Crippen LogP contribution >= 0.6 is 11.6 Å². The van der Waals surface area contributed by atoms with Crippen molar-refractivity contribution in [2.45, 2.75) is 32.9 Å². The number of rotatable bonds is 7. The monoisotopic (exact) mass is 360 g/mol. The normalized spacial score (nSPS) is 10.4. The first-order valence-corrected chi connectivity index (χ1v) is 8.38. The quantitative estimate of drug-likeness (QED) is 0.738. The number of anilines is 1. The molecule has 0 aromatic heterocycles. The summed E-state index contributed by atoms with van der Waals surface area (Å²) >= 11 is 6.02. The maximum absolute atomic E-state index is 11.9. The molecule has 2 rings (SSSR count). The number of carbonyl (C=O) groups excluding carboxylic acids is 2. The summed E-state index contributed by atoms with van der Waals surface area (Å²) in [5.41, 5.74) is 1.42. The Labute approximate surface area is 152 Å². The van der Waals surface area contributed by atoms with Gasteiger partial charge in [0.15, 0.2) is 0 Å². The minimum Gasteiger partial charge on any atom is -0.491 e. The Morgan fingerprint density at radius 2 is 1.72 bits per heavy atom. The second kappa shape index (κ2) is 9.08. The molecule has 25 heavy (non-hydrogen) atoms. The highest BCUT2D eigenvalue weighted by atomic mass is 35.5. The molecule has 5 nitrogen and oxygen atoms in total. The Morgan fingerprint density at radius 3 is 2.36 bits per heavy atom. The number of carbonyl (C=O) groups is 2. The van der Waals surface area contributed by atoms with Crippen LogP contribution in [0.5, 0.6) is 5.75 Å².